The number of carbonyl (C=O) groups excluding carboxylic acids is 1. The van der Waals surface area contributed by atoms with E-state index in [0.717, 1.165) is 5.69 Å². The zero-order chi connectivity index (χ0) is 18.7. The van der Waals surface area contributed by atoms with Gasteiger partial charge in [0.15, 0.2) is 0 Å². The van der Waals surface area contributed by atoms with E-state index in [0.29, 0.717) is 25.3 Å². The first-order valence-corrected chi connectivity index (χ1v) is 10.0. The lowest BCUT2D eigenvalue weighted by Gasteiger charge is -2.40. The Morgan fingerprint density at radius 1 is 1.04 bits per heavy atom. The van der Waals surface area contributed by atoms with Crippen molar-refractivity contribution in [2.75, 3.05) is 29.9 Å². The quantitative estimate of drug-likeness (QED) is 0.894. The highest BCUT2D eigenvalue weighted by Crippen LogP contribution is 2.25. The Kier molecular flexibility index (Phi) is 5.29. The highest BCUT2D eigenvalue weighted by Gasteiger charge is 2.32. The molecule has 0 aliphatic carbocycles. The lowest BCUT2D eigenvalue weighted by molar-refractivity contribution is -0.114. The molecule has 1 unspecified atom stereocenters. The van der Waals surface area contributed by atoms with Crippen molar-refractivity contribution in [1.82, 2.24) is 4.31 Å². The van der Waals surface area contributed by atoms with E-state index < -0.39 is 10.0 Å². The predicted octanol–water partition coefficient (Wildman–Crippen LogP) is 2.54. The number of hydrogen-bond donors (Lipinski definition) is 1. The molecule has 1 N–H and O–H groups in total. The van der Waals surface area contributed by atoms with Gasteiger partial charge >= 0.3 is 0 Å². The normalized spacial score (nSPS) is 18.5. The Morgan fingerprint density at radius 2 is 1.69 bits per heavy atom. The molecule has 7 heteroatoms. The minimum Gasteiger partial charge on any atom is -0.366 e. The number of para-hydroxylation sites is 1. The fraction of sp³-hybridized carbons (Fsp3) is 0.316. The van der Waals surface area contributed by atoms with Gasteiger partial charge < -0.3 is 10.2 Å². The standard InChI is InChI=1S/C19H23N3O3S/c1-15-14-21(12-13-22(15)18-6-4-3-5-7-18)26(24,25)19-10-8-17(9-11-19)20-16(2)23/h3-11,15H,12-14H2,1-2H3,(H,20,23). The molecule has 1 aliphatic heterocycles. The zero-order valence-corrected chi connectivity index (χ0v) is 15.7. The summed E-state index contributed by atoms with van der Waals surface area (Å²) >= 11 is 0. The van der Waals surface area contributed by atoms with Crippen LogP contribution in [0.4, 0.5) is 11.4 Å². The molecule has 0 spiro atoms. The fourth-order valence-electron chi connectivity index (χ4n) is 3.21. The Balaban J connectivity index is 1.74. The maximum absolute atomic E-state index is 12.9. The Labute approximate surface area is 154 Å². The van der Waals surface area contributed by atoms with E-state index in [1.807, 2.05) is 37.3 Å². The summed E-state index contributed by atoms with van der Waals surface area (Å²) in [5, 5.41) is 2.64. The topological polar surface area (TPSA) is 69.7 Å². The molecule has 2 aromatic rings. The van der Waals surface area contributed by atoms with Crippen molar-refractivity contribution in [3.05, 3.63) is 54.6 Å². The van der Waals surface area contributed by atoms with Gasteiger partial charge in [0.05, 0.1) is 4.90 Å². The lowest BCUT2D eigenvalue weighted by atomic mass is 10.2. The number of anilines is 2. The Morgan fingerprint density at radius 3 is 2.27 bits per heavy atom. The molecule has 2 aromatic carbocycles. The van der Waals surface area contributed by atoms with Gasteiger partial charge in [0.2, 0.25) is 15.9 Å². The van der Waals surface area contributed by atoms with Crippen LogP contribution in [0.2, 0.25) is 0 Å². The molecule has 26 heavy (non-hydrogen) atoms. The zero-order valence-electron chi connectivity index (χ0n) is 14.9. The minimum atomic E-state index is -3.55. The Hall–Kier alpha value is -2.38. The van der Waals surface area contributed by atoms with Crippen LogP contribution in [0.15, 0.2) is 59.5 Å². The highest BCUT2D eigenvalue weighted by atomic mass is 32.2. The number of piperazine rings is 1. The van der Waals surface area contributed by atoms with Crippen molar-refractivity contribution < 1.29 is 13.2 Å². The number of carbonyl (C=O) groups is 1. The van der Waals surface area contributed by atoms with Crippen LogP contribution in [-0.2, 0) is 14.8 Å². The lowest BCUT2D eigenvalue weighted by Crippen LogP contribution is -2.53. The number of benzene rings is 2. The molecule has 1 saturated heterocycles. The molecule has 0 aromatic heterocycles. The van der Waals surface area contributed by atoms with Crippen molar-refractivity contribution in [2.45, 2.75) is 24.8 Å². The summed E-state index contributed by atoms with van der Waals surface area (Å²) in [6, 6.07) is 16.4. The maximum Gasteiger partial charge on any atom is 0.243 e. The maximum atomic E-state index is 12.9. The highest BCUT2D eigenvalue weighted by molar-refractivity contribution is 7.89. The fourth-order valence-corrected chi connectivity index (χ4v) is 4.72. The van der Waals surface area contributed by atoms with Gasteiger partial charge in [0.1, 0.15) is 0 Å². The molecule has 0 radical (unpaired) electrons. The summed E-state index contributed by atoms with van der Waals surface area (Å²) in [4.78, 5) is 13.6. The average Bonchev–Trinajstić information content (AvgIpc) is 2.62. The van der Waals surface area contributed by atoms with Gasteiger partial charge in [0.25, 0.3) is 0 Å². The summed E-state index contributed by atoms with van der Waals surface area (Å²) < 4.78 is 27.4. The molecule has 6 nitrogen and oxygen atoms in total. The van der Waals surface area contributed by atoms with Gasteiger partial charge in [-0.25, -0.2) is 8.42 Å². The van der Waals surface area contributed by atoms with Gasteiger partial charge in [-0.1, -0.05) is 18.2 Å². The molecule has 138 valence electrons. The number of nitrogens with zero attached hydrogens (tertiary/aromatic N) is 2. The molecule has 3 rings (SSSR count). The molecular weight excluding hydrogens is 350 g/mol. The molecule has 1 amide bonds. The van der Waals surface area contributed by atoms with Gasteiger partial charge in [-0.2, -0.15) is 4.31 Å². The summed E-state index contributed by atoms with van der Waals surface area (Å²) in [7, 11) is -3.55. The first kappa shape index (κ1) is 18.4. The molecular formula is C19H23N3O3S. The van der Waals surface area contributed by atoms with Crippen LogP contribution in [0.3, 0.4) is 0 Å². The molecule has 0 bridgehead atoms. The van der Waals surface area contributed by atoms with Crippen molar-refractivity contribution in [2.24, 2.45) is 0 Å². The van der Waals surface area contributed by atoms with E-state index >= 15 is 0 Å². The van der Waals surface area contributed by atoms with Crippen LogP contribution in [-0.4, -0.2) is 44.3 Å². The predicted molar refractivity (Wildman–Crippen MR) is 103 cm³/mol. The summed E-state index contributed by atoms with van der Waals surface area (Å²) in [6.07, 6.45) is 0. The van der Waals surface area contributed by atoms with Crippen molar-refractivity contribution in [3.63, 3.8) is 0 Å². The smallest absolute Gasteiger partial charge is 0.243 e. The van der Waals surface area contributed by atoms with Crippen molar-refractivity contribution in [1.29, 1.82) is 0 Å². The van der Waals surface area contributed by atoms with Gasteiger partial charge in [-0.05, 0) is 43.3 Å². The third-order valence-corrected chi connectivity index (χ3v) is 6.37. The van der Waals surface area contributed by atoms with E-state index in [-0.39, 0.29) is 16.8 Å². The number of rotatable bonds is 4. The number of hydrogen-bond acceptors (Lipinski definition) is 4. The number of sulfonamides is 1. The summed E-state index contributed by atoms with van der Waals surface area (Å²) in [5.41, 5.74) is 1.69. The number of amides is 1. The third kappa shape index (κ3) is 3.89. The molecule has 1 fully saturated rings. The largest absolute Gasteiger partial charge is 0.366 e. The summed E-state index contributed by atoms with van der Waals surface area (Å²) in [6.45, 7) is 4.97. The van der Waals surface area contributed by atoms with E-state index in [1.54, 1.807) is 12.1 Å². The second kappa shape index (κ2) is 7.47. The average molecular weight is 373 g/mol. The van der Waals surface area contributed by atoms with Gasteiger partial charge in [-0.15, -0.1) is 0 Å². The van der Waals surface area contributed by atoms with Crippen LogP contribution in [0, 0.1) is 0 Å². The van der Waals surface area contributed by atoms with Crippen LogP contribution >= 0.6 is 0 Å². The molecule has 1 atom stereocenters. The Bertz CT molecular complexity index is 867. The molecule has 1 heterocycles. The van der Waals surface area contributed by atoms with E-state index in [2.05, 4.69) is 10.2 Å². The van der Waals surface area contributed by atoms with Crippen molar-refractivity contribution in [3.8, 4) is 0 Å². The first-order valence-electron chi connectivity index (χ1n) is 8.57. The van der Waals surface area contributed by atoms with Crippen LogP contribution in [0.25, 0.3) is 0 Å². The molecule has 0 saturated carbocycles. The van der Waals surface area contributed by atoms with E-state index in [1.165, 1.54) is 23.4 Å². The third-order valence-electron chi connectivity index (χ3n) is 4.49. The monoisotopic (exact) mass is 373 g/mol. The van der Waals surface area contributed by atoms with Crippen LogP contribution in [0.5, 0.6) is 0 Å². The van der Waals surface area contributed by atoms with E-state index in [4.69, 9.17) is 0 Å². The second-order valence-corrected chi connectivity index (χ2v) is 8.38. The first-order chi connectivity index (χ1) is 12.4. The van der Waals surface area contributed by atoms with Gasteiger partial charge in [0, 0.05) is 44.0 Å². The minimum absolute atomic E-state index is 0.0829. The van der Waals surface area contributed by atoms with Crippen LogP contribution < -0.4 is 10.2 Å². The second-order valence-electron chi connectivity index (χ2n) is 6.45. The van der Waals surface area contributed by atoms with Crippen LogP contribution in [0.1, 0.15) is 13.8 Å². The SMILES string of the molecule is CC(=O)Nc1ccc(S(=O)(=O)N2CCN(c3ccccc3)C(C)C2)cc1. The number of nitrogens with one attached hydrogen (secondary N) is 1. The van der Waals surface area contributed by atoms with E-state index in [9.17, 15) is 13.2 Å². The van der Waals surface area contributed by atoms with Crippen molar-refractivity contribution >= 4 is 27.3 Å². The summed E-state index contributed by atoms with van der Waals surface area (Å²) in [5.74, 6) is -0.188. The molecule has 1 aliphatic rings. The van der Waals surface area contributed by atoms with Gasteiger partial charge in [-0.3, -0.25) is 4.79 Å².